The van der Waals surface area contributed by atoms with Gasteiger partial charge in [0, 0.05) is 11.6 Å². The second-order valence-corrected chi connectivity index (χ2v) is 9.40. The van der Waals surface area contributed by atoms with Gasteiger partial charge in [0.25, 0.3) is 0 Å². The summed E-state index contributed by atoms with van der Waals surface area (Å²) >= 11 is 5.91. The third-order valence-corrected chi connectivity index (χ3v) is 6.09. The summed E-state index contributed by atoms with van der Waals surface area (Å²) in [6, 6.07) is 7.36. The van der Waals surface area contributed by atoms with Crippen molar-refractivity contribution in [3.05, 3.63) is 47.5 Å². The molecular formula is C18H21ClN6O5S. The van der Waals surface area contributed by atoms with E-state index in [1.165, 1.54) is 17.2 Å². The fourth-order valence-corrected chi connectivity index (χ4v) is 4.12. The van der Waals surface area contributed by atoms with Gasteiger partial charge in [0.05, 0.1) is 18.2 Å². The lowest BCUT2D eigenvalue weighted by atomic mass is 10.1. The molecule has 4 atom stereocenters. The maximum absolute atomic E-state index is 11.2. The van der Waals surface area contributed by atoms with Gasteiger partial charge in [0.1, 0.15) is 18.5 Å². The van der Waals surface area contributed by atoms with Gasteiger partial charge in [-0.15, -0.1) is 0 Å². The Balaban J connectivity index is 1.54. The fraction of sp³-hybridized carbons (Fsp3) is 0.389. The number of fused-ring (bicyclic) bond motifs is 1. The van der Waals surface area contributed by atoms with Gasteiger partial charge in [0.15, 0.2) is 23.2 Å². The Hall–Kier alpha value is -2.35. The Kier molecular flexibility index (Phi) is 6.10. The summed E-state index contributed by atoms with van der Waals surface area (Å²) < 4.78 is 29.6. The smallest absolute Gasteiger partial charge is 0.209 e. The van der Waals surface area contributed by atoms with Gasteiger partial charge in [-0.25, -0.2) is 28.5 Å². The zero-order valence-electron chi connectivity index (χ0n) is 16.2. The first-order chi connectivity index (χ1) is 14.7. The van der Waals surface area contributed by atoms with Crippen LogP contribution in [-0.2, 0) is 21.3 Å². The Morgan fingerprint density at radius 2 is 1.90 bits per heavy atom. The number of aliphatic hydroxyl groups excluding tert-OH is 2. The maximum Gasteiger partial charge on any atom is 0.209 e. The molecule has 3 aromatic rings. The molecule has 0 bridgehead atoms. The summed E-state index contributed by atoms with van der Waals surface area (Å²) in [5, 5.41) is 29.6. The lowest BCUT2D eigenvalue weighted by Crippen LogP contribution is -2.33. The molecule has 0 aliphatic carbocycles. The molecule has 1 aromatic carbocycles. The molecule has 13 heteroatoms. The van der Waals surface area contributed by atoms with E-state index >= 15 is 0 Å². The number of nitrogens with zero attached hydrogens (tertiary/aromatic N) is 4. The minimum Gasteiger partial charge on any atom is -0.388 e. The molecule has 0 unspecified atom stereocenters. The molecule has 1 aliphatic heterocycles. The van der Waals surface area contributed by atoms with Crippen molar-refractivity contribution in [1.82, 2.24) is 19.5 Å². The number of aliphatic hydroxyl groups is 2. The monoisotopic (exact) mass is 468 g/mol. The molecule has 0 spiro atoms. The maximum atomic E-state index is 11.2. The Morgan fingerprint density at radius 1 is 1.16 bits per heavy atom. The van der Waals surface area contributed by atoms with E-state index in [0.717, 1.165) is 5.56 Å². The van der Waals surface area contributed by atoms with E-state index in [2.05, 4.69) is 20.3 Å². The minimum absolute atomic E-state index is 0.0525. The van der Waals surface area contributed by atoms with Crippen molar-refractivity contribution in [2.75, 3.05) is 11.1 Å². The van der Waals surface area contributed by atoms with Crippen LogP contribution in [0.5, 0.6) is 0 Å². The van der Waals surface area contributed by atoms with E-state index < -0.39 is 34.6 Å². The summed E-state index contributed by atoms with van der Waals surface area (Å²) in [6.45, 7) is 0.479. The summed E-state index contributed by atoms with van der Waals surface area (Å²) in [6.07, 6.45) is -1.76. The predicted octanol–water partition coefficient (Wildman–Crippen LogP) is 0.390. The van der Waals surface area contributed by atoms with E-state index in [-0.39, 0.29) is 12.2 Å². The molecule has 5 N–H and O–H groups in total. The molecule has 1 aliphatic rings. The second kappa shape index (κ2) is 8.65. The van der Waals surface area contributed by atoms with Crippen LogP contribution in [0.2, 0.25) is 5.02 Å². The Morgan fingerprint density at radius 3 is 2.61 bits per heavy atom. The van der Waals surface area contributed by atoms with E-state index in [1.807, 2.05) is 12.1 Å². The molecule has 2 aromatic heterocycles. The first kappa shape index (κ1) is 21.9. The predicted molar refractivity (Wildman–Crippen MR) is 113 cm³/mol. The number of hydrogen-bond donors (Lipinski definition) is 4. The van der Waals surface area contributed by atoms with Crippen LogP contribution in [0.25, 0.3) is 11.2 Å². The summed E-state index contributed by atoms with van der Waals surface area (Å²) in [4.78, 5) is 12.8. The molecule has 3 heterocycles. The van der Waals surface area contributed by atoms with E-state index in [1.54, 1.807) is 12.1 Å². The molecule has 0 saturated carbocycles. The molecule has 0 amide bonds. The van der Waals surface area contributed by atoms with E-state index in [4.69, 9.17) is 21.5 Å². The summed E-state index contributed by atoms with van der Waals surface area (Å²) in [5.74, 6) is 0.109. The van der Waals surface area contributed by atoms with Crippen molar-refractivity contribution in [2.24, 2.45) is 5.14 Å². The normalized spacial score (nSPS) is 24.0. The van der Waals surface area contributed by atoms with Crippen LogP contribution in [0.3, 0.4) is 0 Å². The lowest BCUT2D eigenvalue weighted by molar-refractivity contribution is -0.0353. The number of hydrogen-bond acceptors (Lipinski definition) is 9. The number of ether oxygens (including phenoxy) is 1. The highest BCUT2D eigenvalue weighted by Gasteiger charge is 2.44. The lowest BCUT2D eigenvalue weighted by Gasteiger charge is -2.16. The first-order valence-electron chi connectivity index (χ1n) is 9.41. The molecule has 1 saturated heterocycles. The summed E-state index contributed by atoms with van der Waals surface area (Å²) in [7, 11) is -3.72. The highest BCUT2D eigenvalue weighted by atomic mass is 35.5. The van der Waals surface area contributed by atoms with Crippen LogP contribution in [-0.4, -0.2) is 62.2 Å². The fourth-order valence-electron chi connectivity index (χ4n) is 3.43. The standard InChI is InChI=1S/C18H21ClN6O5S/c19-11-3-1-10(2-4-11)7-21-16-13-17(23-8-22-16)25(9-24-13)18-15(27)14(26)12(30-18)5-6-31(20,28)29/h1-4,8-9,12,14-15,18,26-27H,5-7H2,(H2,20,28,29)(H,21,22,23)/t12-,14+,15-,18-/m1/s1. The highest BCUT2D eigenvalue weighted by molar-refractivity contribution is 7.89. The van der Waals surface area contributed by atoms with Crippen LogP contribution in [0.15, 0.2) is 36.9 Å². The number of benzene rings is 1. The van der Waals surface area contributed by atoms with Crippen molar-refractivity contribution < 1.29 is 23.4 Å². The van der Waals surface area contributed by atoms with Crippen molar-refractivity contribution in [2.45, 2.75) is 37.5 Å². The molecule has 11 nitrogen and oxygen atoms in total. The molecular weight excluding hydrogens is 448 g/mol. The van der Waals surface area contributed by atoms with Crippen LogP contribution in [0, 0.1) is 0 Å². The number of primary sulfonamides is 1. The molecule has 31 heavy (non-hydrogen) atoms. The molecule has 4 rings (SSSR count). The first-order valence-corrected chi connectivity index (χ1v) is 11.5. The van der Waals surface area contributed by atoms with Gasteiger partial charge in [0.2, 0.25) is 10.0 Å². The molecule has 0 radical (unpaired) electrons. The van der Waals surface area contributed by atoms with Crippen molar-refractivity contribution >= 4 is 38.6 Å². The second-order valence-electron chi connectivity index (χ2n) is 7.23. The average Bonchev–Trinajstić information content (AvgIpc) is 3.27. The van der Waals surface area contributed by atoms with Gasteiger partial charge in [-0.05, 0) is 24.1 Å². The van der Waals surface area contributed by atoms with E-state index in [9.17, 15) is 18.6 Å². The number of nitrogens with one attached hydrogen (secondary N) is 1. The largest absolute Gasteiger partial charge is 0.388 e. The zero-order valence-corrected chi connectivity index (χ0v) is 17.7. The van der Waals surface area contributed by atoms with E-state index in [0.29, 0.717) is 28.5 Å². The zero-order chi connectivity index (χ0) is 22.2. The highest BCUT2D eigenvalue weighted by Crippen LogP contribution is 2.33. The van der Waals surface area contributed by atoms with Crippen molar-refractivity contribution in [1.29, 1.82) is 0 Å². The molecule has 1 fully saturated rings. The number of nitrogens with two attached hydrogens (primary N) is 1. The third-order valence-electron chi connectivity index (χ3n) is 5.03. The number of aromatic nitrogens is 4. The number of sulfonamides is 1. The third kappa shape index (κ3) is 4.79. The SMILES string of the molecule is NS(=O)(=O)CC[C@H]1O[C@@H](n2cnc3c(NCc4ccc(Cl)cc4)ncnc32)[C@H](O)[C@H]1O. The number of imidazole rings is 1. The number of rotatable bonds is 7. The quantitative estimate of drug-likeness (QED) is 0.383. The van der Waals surface area contributed by atoms with Gasteiger partial charge < -0.3 is 20.3 Å². The molecule has 166 valence electrons. The van der Waals surface area contributed by atoms with Crippen LogP contribution in [0.4, 0.5) is 5.82 Å². The van der Waals surface area contributed by atoms with Crippen LogP contribution in [0.1, 0.15) is 18.2 Å². The van der Waals surface area contributed by atoms with Gasteiger partial charge >= 0.3 is 0 Å². The topological polar surface area (TPSA) is 165 Å². The van der Waals surface area contributed by atoms with Crippen LogP contribution < -0.4 is 10.5 Å². The van der Waals surface area contributed by atoms with Gasteiger partial charge in [-0.1, -0.05) is 23.7 Å². The van der Waals surface area contributed by atoms with Gasteiger partial charge in [-0.3, -0.25) is 4.57 Å². The van der Waals surface area contributed by atoms with Crippen molar-refractivity contribution in [3.63, 3.8) is 0 Å². The Bertz CT molecular complexity index is 1170. The van der Waals surface area contributed by atoms with Gasteiger partial charge in [-0.2, -0.15) is 0 Å². The number of anilines is 1. The van der Waals surface area contributed by atoms with Crippen LogP contribution >= 0.6 is 11.6 Å². The minimum atomic E-state index is -3.72. The average molecular weight is 469 g/mol. The Labute approximate surface area is 182 Å². The number of halogens is 1. The van der Waals surface area contributed by atoms with Crippen molar-refractivity contribution in [3.8, 4) is 0 Å². The summed E-state index contributed by atoms with van der Waals surface area (Å²) in [5.41, 5.74) is 1.83.